The first-order valence-corrected chi connectivity index (χ1v) is 26.6. The van der Waals surface area contributed by atoms with Crippen LogP contribution in [0.15, 0.2) is 150 Å². The van der Waals surface area contributed by atoms with Gasteiger partial charge in [0.1, 0.15) is 5.58 Å². The molecule has 13 rings (SSSR count). The van der Waals surface area contributed by atoms with Crippen molar-refractivity contribution in [3.05, 3.63) is 185 Å². The van der Waals surface area contributed by atoms with E-state index in [9.17, 15) is 0 Å². The maximum atomic E-state index is 7.29. The van der Waals surface area contributed by atoms with Crippen LogP contribution in [0.2, 0.25) is 0 Å². The minimum Gasteiger partial charge on any atom is -0.454 e. The van der Waals surface area contributed by atoms with Gasteiger partial charge in [0.2, 0.25) is 0 Å². The minimum atomic E-state index is -0.286. The van der Waals surface area contributed by atoms with Crippen LogP contribution in [0, 0.1) is 6.92 Å². The van der Waals surface area contributed by atoms with Crippen LogP contribution in [0.5, 0.6) is 0 Å². The van der Waals surface area contributed by atoms with E-state index in [1.54, 1.807) is 0 Å². The average molecular weight is 939 g/mol. The predicted octanol–water partition coefficient (Wildman–Crippen LogP) is 17.1. The minimum absolute atomic E-state index is 0.0184. The summed E-state index contributed by atoms with van der Waals surface area (Å²) in [7, 11) is 0.750. The van der Waals surface area contributed by atoms with Crippen LogP contribution < -0.4 is 21.1 Å². The first kappa shape index (κ1) is 45.1. The number of furan rings is 1. The van der Waals surface area contributed by atoms with Crippen molar-refractivity contribution in [1.29, 1.82) is 0 Å². The van der Waals surface area contributed by atoms with Crippen LogP contribution in [0.3, 0.4) is 0 Å². The third kappa shape index (κ3) is 6.63. The number of hydrogen-bond acceptors (Lipinski definition) is 3. The molecule has 0 spiro atoms. The highest BCUT2D eigenvalue weighted by Gasteiger charge is 2.43. The Morgan fingerprint density at radius 3 is 1.90 bits per heavy atom. The summed E-state index contributed by atoms with van der Waals surface area (Å²) >= 11 is 0. The number of para-hydroxylation sites is 1. The van der Waals surface area contributed by atoms with Crippen molar-refractivity contribution in [2.24, 2.45) is 0 Å². The van der Waals surface area contributed by atoms with Crippen molar-refractivity contribution in [1.82, 2.24) is 0 Å². The Bertz CT molecular complexity index is 3750. The average Bonchev–Trinajstić information content (AvgIpc) is 3.85. The molecule has 0 amide bonds. The molecule has 358 valence electrons. The van der Waals surface area contributed by atoms with Gasteiger partial charge in [-0.2, -0.15) is 0 Å². The van der Waals surface area contributed by atoms with E-state index in [1.165, 1.54) is 114 Å². The van der Waals surface area contributed by atoms with Gasteiger partial charge in [-0.1, -0.05) is 178 Å². The SMILES string of the molecule is Cc1cc2c(cc1N1c3cc(-c4ccccc4)ccc3Bc3c(-c4c(Nc5ccc6c(c5)C(C)(C)CCC6(C)C)ccc5c4C(C)(C)c4ccccc4-5)cc4c(oc5ccccc54)c31)C(C)(C)CCC2(C)C. The number of benzene rings is 8. The molecule has 1 aliphatic heterocycles. The van der Waals surface area contributed by atoms with Gasteiger partial charge in [-0.25, -0.2) is 0 Å². The molecule has 0 radical (unpaired) electrons. The molecular weight excluding hydrogens is 872 g/mol. The molecule has 1 N–H and O–H groups in total. The molecule has 4 heteroatoms. The van der Waals surface area contributed by atoms with Crippen LogP contribution in [0.1, 0.15) is 134 Å². The van der Waals surface area contributed by atoms with Crippen molar-refractivity contribution < 1.29 is 4.42 Å². The molecule has 3 aliphatic carbocycles. The summed E-state index contributed by atoms with van der Waals surface area (Å²) < 4.78 is 7.29. The van der Waals surface area contributed by atoms with Gasteiger partial charge in [-0.15, -0.1) is 0 Å². The van der Waals surface area contributed by atoms with Gasteiger partial charge in [0, 0.05) is 44.5 Å². The summed E-state index contributed by atoms with van der Waals surface area (Å²) in [4.78, 5) is 2.63. The fourth-order valence-electron chi connectivity index (χ4n) is 13.8. The lowest BCUT2D eigenvalue weighted by Gasteiger charge is -2.44. The van der Waals surface area contributed by atoms with Gasteiger partial charge in [0.05, 0.1) is 5.69 Å². The van der Waals surface area contributed by atoms with Crippen LogP contribution in [-0.4, -0.2) is 7.28 Å². The molecule has 72 heavy (non-hydrogen) atoms. The highest BCUT2D eigenvalue weighted by atomic mass is 16.3. The topological polar surface area (TPSA) is 28.4 Å². The Kier molecular flexibility index (Phi) is 9.63. The van der Waals surface area contributed by atoms with Crippen molar-refractivity contribution in [3.63, 3.8) is 0 Å². The number of rotatable bonds is 5. The standard InChI is InChI=1S/C68H67BN2O/c1-40-35-51-53(67(8,9)34-33-65(51,4)5)39-56(40)71-57-36-42(41-19-13-12-14-20-41)25-29-54(57)69-61-48(38-47-45-22-16-18-24-58(45)72-63(47)62(61)71)59-55(30-27-46-44-21-15-17-23-49(44)68(10,11)60(46)59)70-43-26-28-50-52(37-43)66(6,7)32-31-64(50,2)3/h12-30,35-39,69-70H,31-34H2,1-11H3. The van der Waals surface area contributed by atoms with Crippen LogP contribution >= 0.6 is 0 Å². The van der Waals surface area contributed by atoms with E-state index < -0.39 is 0 Å². The Balaban J connectivity index is 1.14. The first-order valence-electron chi connectivity index (χ1n) is 26.6. The summed E-state index contributed by atoms with van der Waals surface area (Å²) in [6, 6.07) is 55.5. The summed E-state index contributed by atoms with van der Waals surface area (Å²) in [5.74, 6) is 0. The summed E-state index contributed by atoms with van der Waals surface area (Å²) in [5, 5.41) is 6.45. The lowest BCUT2D eigenvalue weighted by Crippen LogP contribution is -2.42. The van der Waals surface area contributed by atoms with E-state index in [1.807, 2.05) is 0 Å². The monoisotopic (exact) mass is 939 g/mol. The van der Waals surface area contributed by atoms with Crippen LogP contribution in [0.25, 0.3) is 55.3 Å². The third-order valence-electron chi connectivity index (χ3n) is 18.3. The number of nitrogens with one attached hydrogen (secondary N) is 1. The number of anilines is 5. The normalized spacial score (nSPS) is 18.1. The molecule has 0 atom stereocenters. The Morgan fingerprint density at radius 2 is 1.15 bits per heavy atom. The highest BCUT2D eigenvalue weighted by molar-refractivity contribution is 6.74. The molecule has 0 fully saturated rings. The number of hydrogen-bond donors (Lipinski definition) is 1. The maximum absolute atomic E-state index is 7.29. The fourth-order valence-corrected chi connectivity index (χ4v) is 13.8. The second-order valence-corrected chi connectivity index (χ2v) is 25.1. The quantitative estimate of drug-likeness (QED) is 0.174. The fraction of sp³-hybridized carbons (Fsp3) is 0.294. The number of fused-ring (bicyclic) bond motifs is 11. The van der Waals surface area contributed by atoms with Crippen LogP contribution in [-0.2, 0) is 27.1 Å². The zero-order chi connectivity index (χ0) is 49.9. The second-order valence-electron chi connectivity index (χ2n) is 25.1. The Labute approximate surface area is 428 Å². The molecule has 0 saturated heterocycles. The smallest absolute Gasteiger partial charge is 0.198 e. The molecule has 4 aliphatic rings. The maximum Gasteiger partial charge on any atom is 0.198 e. The zero-order valence-electron chi connectivity index (χ0n) is 44.2. The van der Waals surface area contributed by atoms with Crippen molar-refractivity contribution in [2.75, 3.05) is 10.2 Å². The Hall–Kier alpha value is -6.78. The molecule has 9 aromatic rings. The van der Waals surface area contributed by atoms with Gasteiger partial charge in [-0.05, 0) is 169 Å². The lowest BCUT2D eigenvalue weighted by molar-refractivity contribution is 0.332. The van der Waals surface area contributed by atoms with Gasteiger partial charge in [-0.3, -0.25) is 0 Å². The molecule has 8 aromatic carbocycles. The van der Waals surface area contributed by atoms with Crippen LogP contribution in [0.4, 0.5) is 28.4 Å². The van der Waals surface area contributed by atoms with Gasteiger partial charge in [0.25, 0.3) is 0 Å². The number of nitrogens with zero attached hydrogens (tertiary/aromatic N) is 1. The molecule has 0 bridgehead atoms. The van der Waals surface area contributed by atoms with E-state index in [0.29, 0.717) is 0 Å². The van der Waals surface area contributed by atoms with E-state index in [-0.39, 0.29) is 27.1 Å². The summed E-state index contributed by atoms with van der Waals surface area (Å²) in [6.45, 7) is 26.7. The highest BCUT2D eigenvalue weighted by Crippen LogP contribution is 2.57. The van der Waals surface area contributed by atoms with E-state index >= 15 is 0 Å². The molecule has 0 unspecified atom stereocenters. The zero-order valence-corrected chi connectivity index (χ0v) is 44.2. The van der Waals surface area contributed by atoms with Gasteiger partial charge in [0.15, 0.2) is 12.9 Å². The van der Waals surface area contributed by atoms with E-state index in [0.717, 1.165) is 52.7 Å². The Morgan fingerprint density at radius 1 is 0.500 bits per heavy atom. The molecule has 3 nitrogen and oxygen atoms in total. The number of aryl methyl sites for hydroxylation is 1. The molecule has 0 saturated carbocycles. The third-order valence-corrected chi connectivity index (χ3v) is 18.3. The summed E-state index contributed by atoms with van der Waals surface area (Å²) in [6.07, 6.45) is 4.67. The van der Waals surface area contributed by atoms with E-state index in [2.05, 4.69) is 232 Å². The van der Waals surface area contributed by atoms with Crippen molar-refractivity contribution in [3.8, 4) is 33.4 Å². The largest absolute Gasteiger partial charge is 0.454 e. The summed E-state index contributed by atoms with van der Waals surface area (Å²) in [5.41, 5.74) is 27.7. The van der Waals surface area contributed by atoms with Crippen molar-refractivity contribution in [2.45, 2.75) is 129 Å². The predicted molar refractivity (Wildman–Crippen MR) is 308 cm³/mol. The molecular formula is C68H67BN2O. The first-order chi connectivity index (χ1) is 34.3. The second kappa shape index (κ2) is 15.4. The van der Waals surface area contributed by atoms with E-state index in [4.69, 9.17) is 4.42 Å². The molecule has 1 aromatic heterocycles. The molecule has 2 heterocycles. The van der Waals surface area contributed by atoms with Gasteiger partial charge < -0.3 is 14.6 Å². The lowest BCUT2D eigenvalue weighted by atomic mass is 9.57. The van der Waals surface area contributed by atoms with Gasteiger partial charge >= 0.3 is 0 Å². The van der Waals surface area contributed by atoms with Crippen molar-refractivity contribution >= 4 is 68.6 Å².